The fourth-order valence-corrected chi connectivity index (χ4v) is 2.97. The highest BCUT2D eigenvalue weighted by molar-refractivity contribution is 5.98. The van der Waals surface area contributed by atoms with Crippen molar-refractivity contribution in [2.75, 3.05) is 13.6 Å². The normalized spacial score (nSPS) is 13.5. The third kappa shape index (κ3) is 2.66. The van der Waals surface area contributed by atoms with Crippen LogP contribution >= 0.6 is 0 Å². The minimum absolute atomic E-state index is 0.255. The predicted octanol–water partition coefficient (Wildman–Crippen LogP) is 1.76. The fraction of sp³-hybridized carbons (Fsp3) is 0.294. The molecule has 1 amide bonds. The number of rotatable bonds is 4. The van der Waals surface area contributed by atoms with Crippen molar-refractivity contribution in [2.45, 2.75) is 20.0 Å². The number of hydrogen-bond donors (Lipinski definition) is 1. The van der Waals surface area contributed by atoms with Crippen LogP contribution in [0.5, 0.6) is 0 Å². The SMILES string of the molecule is CCNCc1nc(-c2ncn3c2CN(C)C(=O)c2cc(F)ccc2-3)no1. The van der Waals surface area contributed by atoms with Gasteiger partial charge in [-0.2, -0.15) is 4.98 Å². The fourth-order valence-electron chi connectivity index (χ4n) is 2.97. The van der Waals surface area contributed by atoms with Gasteiger partial charge in [-0.05, 0) is 24.7 Å². The first kappa shape index (κ1) is 16.4. The summed E-state index contributed by atoms with van der Waals surface area (Å²) in [5.41, 5.74) is 2.14. The molecule has 0 bridgehead atoms. The van der Waals surface area contributed by atoms with Crippen LogP contribution < -0.4 is 5.32 Å². The van der Waals surface area contributed by atoms with Crippen LogP contribution in [0.25, 0.3) is 17.2 Å². The molecule has 3 aromatic rings. The Bertz CT molecular complexity index is 980. The van der Waals surface area contributed by atoms with Gasteiger partial charge >= 0.3 is 0 Å². The van der Waals surface area contributed by atoms with Gasteiger partial charge in [0.2, 0.25) is 11.7 Å². The van der Waals surface area contributed by atoms with Gasteiger partial charge in [-0.15, -0.1) is 0 Å². The molecule has 8 nitrogen and oxygen atoms in total. The molecule has 0 fully saturated rings. The number of amides is 1. The number of nitrogens with one attached hydrogen (secondary N) is 1. The Morgan fingerprint density at radius 3 is 3.04 bits per heavy atom. The minimum atomic E-state index is -0.458. The van der Waals surface area contributed by atoms with Crippen molar-refractivity contribution in [2.24, 2.45) is 0 Å². The van der Waals surface area contributed by atoms with Crippen molar-refractivity contribution < 1.29 is 13.7 Å². The second kappa shape index (κ2) is 6.34. The van der Waals surface area contributed by atoms with Gasteiger partial charge < -0.3 is 14.7 Å². The monoisotopic (exact) mass is 356 g/mol. The molecular weight excluding hydrogens is 339 g/mol. The number of aromatic nitrogens is 4. The minimum Gasteiger partial charge on any atom is -0.337 e. The van der Waals surface area contributed by atoms with E-state index in [0.29, 0.717) is 36.2 Å². The van der Waals surface area contributed by atoms with Crippen molar-refractivity contribution >= 4 is 5.91 Å². The molecule has 134 valence electrons. The van der Waals surface area contributed by atoms with Crippen LogP contribution in [0.3, 0.4) is 0 Å². The van der Waals surface area contributed by atoms with Crippen molar-refractivity contribution in [3.05, 3.63) is 47.5 Å². The average Bonchev–Trinajstić information content (AvgIpc) is 3.24. The third-order valence-electron chi connectivity index (χ3n) is 4.25. The van der Waals surface area contributed by atoms with Crippen LogP contribution in [0.1, 0.15) is 28.9 Å². The second-order valence-corrected chi connectivity index (χ2v) is 6.02. The number of hydrogen-bond acceptors (Lipinski definition) is 6. The average molecular weight is 356 g/mol. The Kier molecular flexibility index (Phi) is 4.00. The van der Waals surface area contributed by atoms with Crippen LogP contribution in [-0.2, 0) is 13.1 Å². The van der Waals surface area contributed by atoms with E-state index in [4.69, 9.17) is 4.52 Å². The number of halogens is 1. The quantitative estimate of drug-likeness (QED) is 0.766. The molecule has 4 rings (SSSR count). The molecule has 0 radical (unpaired) electrons. The Labute approximate surface area is 148 Å². The lowest BCUT2D eigenvalue weighted by Crippen LogP contribution is -2.25. The maximum Gasteiger partial charge on any atom is 0.256 e. The summed E-state index contributed by atoms with van der Waals surface area (Å²) < 4.78 is 20.7. The van der Waals surface area contributed by atoms with E-state index in [0.717, 1.165) is 12.2 Å². The zero-order valence-corrected chi connectivity index (χ0v) is 14.4. The summed E-state index contributed by atoms with van der Waals surface area (Å²) >= 11 is 0. The van der Waals surface area contributed by atoms with E-state index in [9.17, 15) is 9.18 Å². The molecular formula is C17H17FN6O2. The smallest absolute Gasteiger partial charge is 0.256 e. The lowest BCUT2D eigenvalue weighted by Gasteiger charge is -2.14. The first-order chi connectivity index (χ1) is 12.6. The summed E-state index contributed by atoms with van der Waals surface area (Å²) in [7, 11) is 1.66. The van der Waals surface area contributed by atoms with Crippen LogP contribution in [0, 0.1) is 5.82 Å². The van der Waals surface area contributed by atoms with Crippen molar-refractivity contribution in [3.63, 3.8) is 0 Å². The molecule has 0 atom stereocenters. The summed E-state index contributed by atoms with van der Waals surface area (Å²) in [4.78, 5) is 22.9. The van der Waals surface area contributed by atoms with E-state index >= 15 is 0 Å². The summed E-state index contributed by atoms with van der Waals surface area (Å²) in [6, 6.07) is 4.14. The standard InChI is InChI=1S/C17H17FN6O2/c1-3-19-7-14-21-16(22-26-14)15-13-8-23(2)17(25)11-6-10(18)4-5-12(11)24(13)9-20-15/h4-6,9,19H,3,7-8H2,1-2H3. The van der Waals surface area contributed by atoms with E-state index in [-0.39, 0.29) is 11.5 Å². The van der Waals surface area contributed by atoms with E-state index in [1.54, 1.807) is 24.0 Å². The molecule has 1 aromatic carbocycles. The zero-order chi connectivity index (χ0) is 18.3. The van der Waals surface area contributed by atoms with Gasteiger partial charge in [0.25, 0.3) is 5.91 Å². The molecule has 1 N–H and O–H groups in total. The molecule has 2 aromatic heterocycles. The number of benzene rings is 1. The summed E-state index contributed by atoms with van der Waals surface area (Å²) in [5.74, 6) is 0.109. The first-order valence-corrected chi connectivity index (χ1v) is 8.23. The molecule has 0 aliphatic carbocycles. The van der Waals surface area contributed by atoms with E-state index in [1.807, 2.05) is 6.92 Å². The predicted molar refractivity (Wildman–Crippen MR) is 90.0 cm³/mol. The van der Waals surface area contributed by atoms with Gasteiger partial charge in [0.05, 0.1) is 30.0 Å². The second-order valence-electron chi connectivity index (χ2n) is 6.02. The molecule has 26 heavy (non-hydrogen) atoms. The largest absolute Gasteiger partial charge is 0.337 e. The summed E-state index contributed by atoms with van der Waals surface area (Å²) in [6.07, 6.45) is 1.59. The lowest BCUT2D eigenvalue weighted by molar-refractivity contribution is 0.0787. The maximum atomic E-state index is 13.6. The van der Waals surface area contributed by atoms with Gasteiger partial charge in [0.1, 0.15) is 17.8 Å². The first-order valence-electron chi connectivity index (χ1n) is 8.23. The Hall–Kier alpha value is -3.07. The number of carbonyl (C=O) groups excluding carboxylic acids is 1. The molecule has 0 spiro atoms. The molecule has 0 saturated carbocycles. The van der Waals surface area contributed by atoms with Gasteiger partial charge in [0.15, 0.2) is 0 Å². The van der Waals surface area contributed by atoms with Crippen LogP contribution in [0.15, 0.2) is 29.0 Å². The molecule has 0 unspecified atom stereocenters. The maximum absolute atomic E-state index is 13.6. The van der Waals surface area contributed by atoms with Gasteiger partial charge in [-0.1, -0.05) is 12.1 Å². The summed E-state index contributed by atoms with van der Waals surface area (Å²) in [6.45, 7) is 3.54. The highest BCUT2D eigenvalue weighted by Gasteiger charge is 2.28. The van der Waals surface area contributed by atoms with Crippen molar-refractivity contribution in [1.82, 2.24) is 29.9 Å². The Balaban J connectivity index is 1.81. The van der Waals surface area contributed by atoms with E-state index < -0.39 is 5.82 Å². The number of carbonyl (C=O) groups is 1. The summed E-state index contributed by atoms with van der Waals surface area (Å²) in [5, 5.41) is 7.12. The van der Waals surface area contributed by atoms with Crippen LogP contribution in [-0.4, -0.2) is 44.1 Å². The van der Waals surface area contributed by atoms with Crippen LogP contribution in [0.2, 0.25) is 0 Å². The van der Waals surface area contributed by atoms with Gasteiger partial charge in [-0.25, -0.2) is 9.37 Å². The highest BCUT2D eigenvalue weighted by atomic mass is 19.1. The number of fused-ring (bicyclic) bond motifs is 3. The molecule has 3 heterocycles. The van der Waals surface area contributed by atoms with Crippen molar-refractivity contribution in [3.8, 4) is 17.2 Å². The van der Waals surface area contributed by atoms with E-state index in [1.165, 1.54) is 17.0 Å². The molecule has 1 aliphatic rings. The highest BCUT2D eigenvalue weighted by Crippen LogP contribution is 2.29. The van der Waals surface area contributed by atoms with Gasteiger partial charge in [0, 0.05) is 7.05 Å². The number of nitrogens with zero attached hydrogens (tertiary/aromatic N) is 5. The zero-order valence-electron chi connectivity index (χ0n) is 14.4. The molecule has 9 heteroatoms. The van der Waals surface area contributed by atoms with Crippen molar-refractivity contribution in [1.29, 1.82) is 0 Å². The molecule has 0 saturated heterocycles. The van der Waals surface area contributed by atoms with Crippen LogP contribution in [0.4, 0.5) is 4.39 Å². The Morgan fingerprint density at radius 2 is 2.23 bits per heavy atom. The molecule has 1 aliphatic heterocycles. The lowest BCUT2D eigenvalue weighted by atomic mass is 10.1. The third-order valence-corrected chi connectivity index (χ3v) is 4.25. The van der Waals surface area contributed by atoms with Gasteiger partial charge in [-0.3, -0.25) is 9.36 Å². The topological polar surface area (TPSA) is 89.1 Å². The Morgan fingerprint density at radius 1 is 1.38 bits per heavy atom. The number of imidazole rings is 1. The van der Waals surface area contributed by atoms with E-state index in [2.05, 4.69) is 20.4 Å².